The van der Waals surface area contributed by atoms with Crippen molar-refractivity contribution in [3.05, 3.63) is 193 Å². The Kier molecular flexibility index (Phi) is 20.6. The first kappa shape index (κ1) is 45.9. The predicted molar refractivity (Wildman–Crippen MR) is 216 cm³/mol. The lowest BCUT2D eigenvalue weighted by Crippen LogP contribution is -3.00. The topological polar surface area (TPSA) is 0 Å². The zero-order valence-electron chi connectivity index (χ0n) is 29.6. The summed E-state index contributed by atoms with van der Waals surface area (Å²) >= 11 is 0. The fraction of sp³-hybridized carbons (Fsp3) is 0.143. The lowest BCUT2D eigenvalue weighted by molar-refractivity contribution is -0.00100. The van der Waals surface area contributed by atoms with Gasteiger partial charge in [0, 0.05) is 0 Å². The molecule has 12 heteroatoms. The highest BCUT2D eigenvalue weighted by molar-refractivity contribution is 7.89. The van der Waals surface area contributed by atoms with Crippen LogP contribution in [0.3, 0.4) is 0 Å². The van der Waals surface area contributed by atoms with Crippen molar-refractivity contribution in [1.82, 2.24) is 0 Å². The molecule has 0 spiro atoms. The third-order valence-electron chi connectivity index (χ3n) is 8.92. The summed E-state index contributed by atoms with van der Waals surface area (Å²) in [6.07, 6.45) is 7.05. The van der Waals surface area contributed by atoms with E-state index in [1.165, 1.54) is 57.5 Å². The van der Waals surface area contributed by atoms with Crippen LogP contribution in [0.1, 0.15) is 24.0 Å². The molecule has 0 fully saturated rings. The molecule has 0 aliphatic rings. The molecular formula is C42H42B2F8P2. The van der Waals surface area contributed by atoms with Gasteiger partial charge in [0.1, 0.15) is 0 Å². The quantitative estimate of drug-likeness (QED) is 0.0649. The van der Waals surface area contributed by atoms with Gasteiger partial charge < -0.3 is 9.41 Å². The standard InChI is InChI=1S/C42H42P2.2BF3.2FH/c1-7-21-37(22-8-1)35-43(39-25-11-3-12-26-39,40-27-13-4-14-28-40)33-19-20-34-44(41-29-15-5-16-30-41,42-31-17-6-18-32-42)36-38-23-9-2-10-24-38;2*2-1(3)4;;/h1-18,21-32H,19-20,33-36H2;;;2*1H/q+2;;;;/p-2. The van der Waals surface area contributed by atoms with E-state index in [0.717, 1.165) is 12.3 Å². The second-order valence-corrected chi connectivity index (χ2v) is 19.7. The molecule has 6 aromatic carbocycles. The van der Waals surface area contributed by atoms with Gasteiger partial charge in [0.2, 0.25) is 0 Å². The molecule has 0 saturated heterocycles. The molecule has 0 nitrogen and oxygen atoms in total. The molecule has 54 heavy (non-hydrogen) atoms. The zero-order chi connectivity index (χ0) is 37.1. The fourth-order valence-corrected chi connectivity index (χ4v) is 15.6. The summed E-state index contributed by atoms with van der Waals surface area (Å²) in [5.41, 5.74) is 2.88. The van der Waals surface area contributed by atoms with E-state index in [4.69, 9.17) is 0 Å². The van der Waals surface area contributed by atoms with E-state index >= 15 is 0 Å². The first-order chi connectivity index (χ1) is 25.2. The molecule has 0 unspecified atom stereocenters. The molecule has 0 amide bonds. The van der Waals surface area contributed by atoms with Crippen LogP contribution in [-0.2, 0) is 12.3 Å². The minimum Gasteiger partial charge on any atom is -1.00 e. The van der Waals surface area contributed by atoms with Crippen molar-refractivity contribution in [2.75, 3.05) is 12.3 Å². The third kappa shape index (κ3) is 13.9. The molecule has 0 atom stereocenters. The lowest BCUT2D eigenvalue weighted by Gasteiger charge is -2.30. The highest BCUT2D eigenvalue weighted by atomic mass is 31.2. The lowest BCUT2D eigenvalue weighted by atomic mass is 10.2. The van der Waals surface area contributed by atoms with E-state index < -0.39 is 29.6 Å². The first-order valence-corrected chi connectivity index (χ1v) is 21.5. The molecule has 282 valence electrons. The number of hydrogen-bond donors (Lipinski definition) is 0. The van der Waals surface area contributed by atoms with Gasteiger partial charge >= 0.3 is 15.1 Å². The zero-order valence-corrected chi connectivity index (χ0v) is 31.4. The molecule has 0 N–H and O–H groups in total. The molecule has 0 saturated carbocycles. The second kappa shape index (κ2) is 24.2. The van der Waals surface area contributed by atoms with Gasteiger partial charge in [-0.15, -0.1) is 0 Å². The molecule has 6 aromatic rings. The summed E-state index contributed by atoms with van der Waals surface area (Å²) in [4.78, 5) is 0. The minimum absolute atomic E-state index is 0. The van der Waals surface area contributed by atoms with Crippen LogP contribution in [0.5, 0.6) is 0 Å². The van der Waals surface area contributed by atoms with Crippen molar-refractivity contribution in [3.63, 3.8) is 0 Å². The Morgan fingerprint density at radius 3 is 0.704 bits per heavy atom. The normalized spacial score (nSPS) is 10.6. The second-order valence-electron chi connectivity index (χ2n) is 12.2. The number of halogens is 8. The number of benzene rings is 6. The van der Waals surface area contributed by atoms with Crippen LogP contribution in [-0.4, -0.2) is 27.4 Å². The van der Waals surface area contributed by atoms with E-state index in [1.807, 2.05) is 0 Å². The summed E-state index contributed by atoms with van der Waals surface area (Å²) in [7, 11) is -10.7. The van der Waals surface area contributed by atoms with Gasteiger partial charge in [0.05, 0.1) is 60.4 Å². The molecule has 6 rings (SSSR count). The molecule has 0 aliphatic heterocycles. The van der Waals surface area contributed by atoms with Gasteiger partial charge in [-0.2, -0.15) is 0 Å². The third-order valence-corrected chi connectivity index (χ3v) is 18.0. The first-order valence-electron chi connectivity index (χ1n) is 17.1. The average molecular weight is 782 g/mol. The summed E-state index contributed by atoms with van der Waals surface area (Å²) in [6, 6.07) is 68.0. The van der Waals surface area contributed by atoms with Gasteiger partial charge in [0.25, 0.3) is 0 Å². The molecule has 0 aliphatic carbocycles. The Bertz CT molecular complexity index is 1590. The fourth-order valence-electron chi connectivity index (χ4n) is 6.74. The maximum Gasteiger partial charge on any atom is 0.762 e. The van der Waals surface area contributed by atoms with Gasteiger partial charge in [0.15, 0.2) is 0 Å². The van der Waals surface area contributed by atoms with E-state index in [9.17, 15) is 25.9 Å². The van der Waals surface area contributed by atoms with E-state index in [1.54, 1.807) is 0 Å². The molecular weight excluding hydrogens is 740 g/mol. The Morgan fingerprint density at radius 2 is 0.500 bits per heavy atom. The maximum absolute atomic E-state index is 9.67. The average Bonchev–Trinajstić information content (AvgIpc) is 3.17. The Labute approximate surface area is 315 Å². The van der Waals surface area contributed by atoms with Crippen molar-refractivity contribution >= 4 is 50.8 Å². The van der Waals surface area contributed by atoms with Crippen molar-refractivity contribution in [2.24, 2.45) is 0 Å². The summed E-state index contributed by atoms with van der Waals surface area (Å²) in [6.45, 7) is 0. The van der Waals surface area contributed by atoms with E-state index in [0.29, 0.717) is 0 Å². The number of hydrogen-bond acceptors (Lipinski definition) is 0. The smallest absolute Gasteiger partial charge is 0.762 e. The predicted octanol–water partition coefficient (Wildman–Crippen LogP) is 5.27. The van der Waals surface area contributed by atoms with Crippen LogP contribution < -0.4 is 30.6 Å². The van der Waals surface area contributed by atoms with Crippen molar-refractivity contribution in [3.8, 4) is 0 Å². The minimum atomic E-state index is -3.67. The molecule has 0 bridgehead atoms. The van der Waals surface area contributed by atoms with Gasteiger partial charge in [-0.25, -0.2) is 0 Å². The molecule has 0 aromatic heterocycles. The number of unbranched alkanes of at least 4 members (excludes halogenated alkanes) is 1. The highest BCUT2D eigenvalue weighted by Crippen LogP contribution is 2.62. The van der Waals surface area contributed by atoms with Crippen molar-refractivity contribution in [1.29, 1.82) is 0 Å². The van der Waals surface area contributed by atoms with Crippen LogP contribution >= 0.6 is 14.5 Å². The highest BCUT2D eigenvalue weighted by Gasteiger charge is 2.45. The van der Waals surface area contributed by atoms with Crippen LogP contribution in [0, 0.1) is 0 Å². The van der Waals surface area contributed by atoms with Gasteiger partial charge in [-0.05, 0) is 72.5 Å². The Balaban J connectivity index is 0.000000920. The van der Waals surface area contributed by atoms with Crippen molar-refractivity contribution < 1.29 is 35.3 Å². The van der Waals surface area contributed by atoms with Crippen molar-refractivity contribution in [2.45, 2.75) is 25.2 Å². The van der Waals surface area contributed by atoms with Crippen LogP contribution in [0.2, 0.25) is 0 Å². The molecule has 0 radical (unpaired) electrons. The maximum atomic E-state index is 9.67. The van der Waals surface area contributed by atoms with Crippen LogP contribution in [0.25, 0.3) is 0 Å². The van der Waals surface area contributed by atoms with Gasteiger partial charge in [-0.1, -0.05) is 133 Å². The van der Waals surface area contributed by atoms with Crippen LogP contribution in [0.15, 0.2) is 182 Å². The SMILES string of the molecule is FB(F)F.FB(F)F.[F-].[F-].c1ccc(C[P+](CCCC[P+](Cc2ccccc2)(c2ccccc2)c2ccccc2)(c2ccccc2)c2ccccc2)cc1. The van der Waals surface area contributed by atoms with E-state index in [2.05, 4.69) is 182 Å². The number of rotatable bonds is 13. The van der Waals surface area contributed by atoms with E-state index in [-0.39, 0.29) is 9.41 Å². The summed E-state index contributed by atoms with van der Waals surface area (Å²) in [5.74, 6) is 0. The largest absolute Gasteiger partial charge is 1.00 e. The summed E-state index contributed by atoms with van der Waals surface area (Å²) in [5, 5.41) is 6.08. The Morgan fingerprint density at radius 1 is 0.315 bits per heavy atom. The molecule has 0 heterocycles. The monoisotopic (exact) mass is 782 g/mol. The Hall–Kier alpha value is -4.25. The van der Waals surface area contributed by atoms with Crippen LogP contribution in [0.4, 0.5) is 25.9 Å². The van der Waals surface area contributed by atoms with Gasteiger partial charge in [-0.3, -0.25) is 25.9 Å². The summed E-state index contributed by atoms with van der Waals surface area (Å²) < 4.78 is 58.0.